The summed E-state index contributed by atoms with van der Waals surface area (Å²) < 4.78 is 10.8. The molecule has 13 nitrogen and oxygen atoms in total. The number of methoxy groups -OCH3 is 2. The van der Waals surface area contributed by atoms with Crippen LogP contribution in [0.1, 0.15) is 78.0 Å². The van der Waals surface area contributed by atoms with Gasteiger partial charge in [0.25, 0.3) is 0 Å². The van der Waals surface area contributed by atoms with Gasteiger partial charge in [-0.25, -0.2) is 0 Å². The van der Waals surface area contributed by atoms with Crippen LogP contribution >= 0.6 is 0 Å². The Morgan fingerprint density at radius 1 is 0.721 bits per heavy atom. The van der Waals surface area contributed by atoms with Crippen molar-refractivity contribution < 1.29 is 33.4 Å². The van der Waals surface area contributed by atoms with E-state index in [1.807, 2.05) is 108 Å². The van der Waals surface area contributed by atoms with Crippen LogP contribution in [0.15, 0.2) is 78.9 Å². The van der Waals surface area contributed by atoms with Gasteiger partial charge >= 0.3 is 0 Å². The van der Waals surface area contributed by atoms with E-state index in [9.17, 15) is 24.0 Å². The average Bonchev–Trinajstić information content (AvgIpc) is 3.74. The van der Waals surface area contributed by atoms with Crippen molar-refractivity contribution in [2.24, 2.45) is 17.8 Å². The summed E-state index contributed by atoms with van der Waals surface area (Å²) in [5, 5.41) is 6.06. The summed E-state index contributed by atoms with van der Waals surface area (Å²) in [7, 11) is 6.26. The number of amides is 5. The minimum atomic E-state index is -0.934. The predicted octanol–water partition coefficient (Wildman–Crippen LogP) is 5.51. The number of benzene rings is 3. The van der Waals surface area contributed by atoms with Crippen LogP contribution < -0.4 is 20.1 Å². The van der Waals surface area contributed by atoms with E-state index in [0.717, 1.165) is 16.7 Å². The Hall–Kier alpha value is -5.43. The van der Waals surface area contributed by atoms with Crippen LogP contribution in [-0.2, 0) is 43.6 Å². The molecule has 0 unspecified atom stereocenters. The smallest absolute Gasteiger partial charge is 0.246 e. The maximum Gasteiger partial charge on any atom is 0.246 e. The molecule has 1 aliphatic rings. The summed E-state index contributed by atoms with van der Waals surface area (Å²) >= 11 is 0. The maximum absolute atomic E-state index is 14.5. The molecule has 5 atom stereocenters. The Balaban J connectivity index is 1.48. The van der Waals surface area contributed by atoms with Crippen LogP contribution in [0.2, 0.25) is 0 Å². The molecular formula is C48H68N6O7. The number of ether oxygens (including phenoxy) is 2. The second-order valence-corrected chi connectivity index (χ2v) is 17.1. The number of rotatable bonds is 20. The number of nitrogens with one attached hydrogen (secondary N) is 2. The molecule has 1 heterocycles. The Morgan fingerprint density at radius 3 is 1.80 bits per heavy atom. The summed E-state index contributed by atoms with van der Waals surface area (Å²) in [6.07, 6.45) is 1.13. The largest absolute Gasteiger partial charge is 0.497 e. The molecule has 5 amide bonds. The average molecular weight is 841 g/mol. The Labute approximate surface area is 363 Å². The molecule has 1 fully saturated rings. The third-order valence-corrected chi connectivity index (χ3v) is 11.7. The van der Waals surface area contributed by atoms with Gasteiger partial charge < -0.3 is 34.8 Å². The van der Waals surface area contributed by atoms with Gasteiger partial charge in [0.1, 0.15) is 35.7 Å². The van der Waals surface area contributed by atoms with Crippen LogP contribution in [0.5, 0.6) is 11.5 Å². The summed E-state index contributed by atoms with van der Waals surface area (Å²) in [5.41, 5.74) is 2.90. The van der Waals surface area contributed by atoms with E-state index < -0.39 is 42.0 Å². The standard InChI is InChI=1S/C48H68N6O7/c1-31(2)41(50-45(56)42(32(3)4)53(29-35-19-14-12-15-20-35)30-36-21-16-13-17-22-36)47(58)52(9)43(33(5)6)48(59)51(8)34(7)46(57)54-26-18-23-39(54)44(55)49-28-37-24-25-38(60-10)27-40(37)61-11/h12-17,19-22,24-25,27,31-34,39,41-43H,18,23,26,28-30H2,1-11H3,(H,49,55)(H,50,56)/t34-,39-,41-,42-,43-/m0/s1. The molecule has 0 aromatic heterocycles. The van der Waals surface area contributed by atoms with Gasteiger partial charge in [0, 0.05) is 51.9 Å². The number of nitrogens with zero attached hydrogens (tertiary/aromatic N) is 4. The molecule has 0 radical (unpaired) electrons. The SMILES string of the molecule is COc1ccc(CNC(=O)[C@@H]2CCCN2C(=O)[C@H](C)N(C)C(=O)[C@H](C(C)C)N(C)C(=O)[C@@H](NC(=O)[C@H](C(C)C)N(Cc2ccccc2)Cc2ccccc2)C(C)C)c(OC)c1. The lowest BCUT2D eigenvalue weighted by molar-refractivity contribution is -0.153. The molecule has 61 heavy (non-hydrogen) atoms. The highest BCUT2D eigenvalue weighted by Crippen LogP contribution is 2.26. The molecule has 332 valence electrons. The van der Waals surface area contributed by atoms with Crippen molar-refractivity contribution in [3.63, 3.8) is 0 Å². The molecule has 0 saturated carbocycles. The van der Waals surface area contributed by atoms with E-state index in [0.29, 0.717) is 44.0 Å². The van der Waals surface area contributed by atoms with Gasteiger partial charge in [0.05, 0.1) is 20.3 Å². The molecule has 3 aromatic carbocycles. The van der Waals surface area contributed by atoms with Crippen molar-refractivity contribution in [2.45, 2.75) is 111 Å². The van der Waals surface area contributed by atoms with E-state index in [4.69, 9.17) is 9.47 Å². The molecule has 3 aromatic rings. The normalized spacial score (nSPS) is 15.9. The van der Waals surface area contributed by atoms with Crippen molar-refractivity contribution in [3.05, 3.63) is 95.6 Å². The maximum atomic E-state index is 14.5. The first-order chi connectivity index (χ1) is 29.0. The van der Waals surface area contributed by atoms with Gasteiger partial charge in [-0.2, -0.15) is 0 Å². The first-order valence-corrected chi connectivity index (χ1v) is 21.4. The van der Waals surface area contributed by atoms with E-state index in [1.165, 1.54) is 9.80 Å². The van der Waals surface area contributed by atoms with Crippen LogP contribution in [-0.4, -0.2) is 114 Å². The first kappa shape index (κ1) is 48.2. The van der Waals surface area contributed by atoms with Crippen molar-refractivity contribution in [1.82, 2.24) is 30.2 Å². The third-order valence-electron chi connectivity index (χ3n) is 11.7. The molecule has 2 N–H and O–H groups in total. The number of hydrogen-bond donors (Lipinski definition) is 2. The summed E-state index contributed by atoms with van der Waals surface area (Å²) in [6, 6.07) is 21.3. The molecule has 0 bridgehead atoms. The Kier molecular flexibility index (Phi) is 17.7. The number of likely N-dealkylation sites (tertiary alicyclic amines) is 1. The van der Waals surface area contributed by atoms with Crippen LogP contribution in [0.25, 0.3) is 0 Å². The highest BCUT2D eigenvalue weighted by Gasteiger charge is 2.42. The topological polar surface area (TPSA) is 141 Å². The lowest BCUT2D eigenvalue weighted by atomic mass is 9.95. The minimum Gasteiger partial charge on any atom is -0.497 e. The fourth-order valence-electron chi connectivity index (χ4n) is 8.19. The van der Waals surface area contributed by atoms with E-state index in [-0.39, 0.29) is 42.0 Å². The Bertz CT molecular complexity index is 1880. The lowest BCUT2D eigenvalue weighted by Gasteiger charge is -2.39. The van der Waals surface area contributed by atoms with Crippen molar-refractivity contribution in [2.75, 3.05) is 34.9 Å². The predicted molar refractivity (Wildman–Crippen MR) is 237 cm³/mol. The minimum absolute atomic E-state index is 0.0935. The van der Waals surface area contributed by atoms with Gasteiger partial charge in [0.2, 0.25) is 29.5 Å². The molecule has 1 aliphatic heterocycles. The first-order valence-electron chi connectivity index (χ1n) is 21.4. The molecule has 0 spiro atoms. The highest BCUT2D eigenvalue weighted by atomic mass is 16.5. The van der Waals surface area contributed by atoms with Crippen LogP contribution in [0.4, 0.5) is 0 Å². The lowest BCUT2D eigenvalue weighted by Crippen LogP contribution is -2.61. The van der Waals surface area contributed by atoms with E-state index >= 15 is 0 Å². The van der Waals surface area contributed by atoms with Crippen molar-refractivity contribution in [1.29, 1.82) is 0 Å². The zero-order chi connectivity index (χ0) is 45.0. The van der Waals surface area contributed by atoms with Gasteiger partial charge in [-0.3, -0.25) is 28.9 Å². The van der Waals surface area contributed by atoms with Gasteiger partial charge in [-0.15, -0.1) is 0 Å². The summed E-state index contributed by atoms with van der Waals surface area (Å²) in [6.45, 7) is 14.8. The molecular weight excluding hydrogens is 773 g/mol. The van der Waals surface area contributed by atoms with Crippen LogP contribution in [0, 0.1) is 17.8 Å². The Morgan fingerprint density at radius 2 is 1.30 bits per heavy atom. The summed E-state index contributed by atoms with van der Waals surface area (Å²) in [5.74, 6) is -1.24. The van der Waals surface area contributed by atoms with Crippen molar-refractivity contribution in [3.8, 4) is 11.5 Å². The number of likely N-dealkylation sites (N-methyl/N-ethyl adjacent to an activating group) is 2. The monoisotopic (exact) mass is 841 g/mol. The second kappa shape index (κ2) is 22.4. The van der Waals surface area contributed by atoms with E-state index in [2.05, 4.69) is 15.5 Å². The fourth-order valence-corrected chi connectivity index (χ4v) is 8.19. The zero-order valence-electron chi connectivity index (χ0n) is 38.0. The van der Waals surface area contributed by atoms with Gasteiger partial charge in [-0.05, 0) is 60.8 Å². The number of hydrogen-bond acceptors (Lipinski definition) is 8. The molecule has 0 aliphatic carbocycles. The number of carbonyl (C=O) groups is 5. The van der Waals surface area contributed by atoms with Gasteiger partial charge in [-0.1, -0.05) is 102 Å². The molecule has 1 saturated heterocycles. The molecule has 13 heteroatoms. The quantitative estimate of drug-likeness (QED) is 0.152. The summed E-state index contributed by atoms with van der Waals surface area (Å²) in [4.78, 5) is 77.4. The molecule has 4 rings (SSSR count). The van der Waals surface area contributed by atoms with Crippen molar-refractivity contribution >= 4 is 29.5 Å². The zero-order valence-corrected chi connectivity index (χ0v) is 38.0. The highest BCUT2D eigenvalue weighted by molar-refractivity contribution is 5.96. The van der Waals surface area contributed by atoms with Crippen LogP contribution in [0.3, 0.4) is 0 Å². The number of carbonyl (C=O) groups excluding carboxylic acids is 5. The third kappa shape index (κ3) is 12.3. The van der Waals surface area contributed by atoms with E-state index in [1.54, 1.807) is 52.3 Å². The fraction of sp³-hybridized carbons (Fsp3) is 0.521. The van der Waals surface area contributed by atoms with Gasteiger partial charge in [0.15, 0.2) is 0 Å². The second-order valence-electron chi connectivity index (χ2n) is 17.1.